The molecule has 0 aromatic carbocycles. The van der Waals surface area contributed by atoms with Crippen molar-refractivity contribution in [2.24, 2.45) is 29.6 Å². The highest BCUT2D eigenvalue weighted by Gasteiger charge is 2.53. The van der Waals surface area contributed by atoms with Gasteiger partial charge in [0.05, 0.1) is 13.2 Å². The second-order valence-electron chi connectivity index (χ2n) is 5.51. The molecule has 2 heterocycles. The third-order valence-corrected chi connectivity index (χ3v) is 4.54. The predicted molar refractivity (Wildman–Crippen MR) is 53.7 cm³/mol. The Kier molecular flexibility index (Phi) is 2.10. The Morgan fingerprint density at radius 1 is 1.21 bits per heavy atom. The summed E-state index contributed by atoms with van der Waals surface area (Å²) >= 11 is 0. The van der Waals surface area contributed by atoms with Crippen LogP contribution in [0.3, 0.4) is 0 Å². The molecule has 80 valence electrons. The molecule has 0 spiro atoms. The van der Waals surface area contributed by atoms with Gasteiger partial charge in [0.2, 0.25) is 0 Å². The molecule has 2 aliphatic heterocycles. The fourth-order valence-corrected chi connectivity index (χ4v) is 3.90. The van der Waals surface area contributed by atoms with Crippen LogP contribution in [0.4, 0.5) is 0 Å². The fourth-order valence-electron chi connectivity index (χ4n) is 3.90. The molecule has 1 aliphatic carbocycles. The SMILES string of the molecule is CC(C)C1CC2CO[C@H]3OCC[C@@H]1[C@@H]23. The van der Waals surface area contributed by atoms with E-state index in [4.69, 9.17) is 9.47 Å². The van der Waals surface area contributed by atoms with Gasteiger partial charge >= 0.3 is 0 Å². The molecule has 1 saturated carbocycles. The molecule has 0 radical (unpaired) electrons. The van der Waals surface area contributed by atoms with Crippen molar-refractivity contribution in [2.75, 3.05) is 13.2 Å². The average Bonchev–Trinajstić information content (AvgIpc) is 2.72. The van der Waals surface area contributed by atoms with Crippen LogP contribution in [-0.4, -0.2) is 19.5 Å². The first-order chi connectivity index (χ1) is 6.77. The third-order valence-electron chi connectivity index (χ3n) is 4.54. The van der Waals surface area contributed by atoms with Crippen molar-refractivity contribution in [2.45, 2.75) is 33.0 Å². The van der Waals surface area contributed by atoms with Crippen LogP contribution < -0.4 is 0 Å². The zero-order valence-corrected chi connectivity index (χ0v) is 9.11. The van der Waals surface area contributed by atoms with Crippen molar-refractivity contribution < 1.29 is 9.47 Å². The van der Waals surface area contributed by atoms with Gasteiger partial charge in [0.15, 0.2) is 6.29 Å². The second kappa shape index (κ2) is 3.21. The maximum Gasteiger partial charge on any atom is 0.160 e. The van der Waals surface area contributed by atoms with Gasteiger partial charge in [-0.3, -0.25) is 0 Å². The largest absolute Gasteiger partial charge is 0.352 e. The van der Waals surface area contributed by atoms with E-state index in [0.717, 1.165) is 42.8 Å². The molecule has 14 heavy (non-hydrogen) atoms. The van der Waals surface area contributed by atoms with Crippen LogP contribution in [0.2, 0.25) is 0 Å². The van der Waals surface area contributed by atoms with E-state index in [1.54, 1.807) is 0 Å². The number of rotatable bonds is 1. The predicted octanol–water partition coefficient (Wildman–Crippen LogP) is 2.29. The highest BCUT2D eigenvalue weighted by molar-refractivity contribution is 4.98. The van der Waals surface area contributed by atoms with E-state index in [2.05, 4.69) is 13.8 Å². The molecule has 5 atom stereocenters. The zero-order chi connectivity index (χ0) is 9.71. The van der Waals surface area contributed by atoms with E-state index in [0.29, 0.717) is 0 Å². The minimum absolute atomic E-state index is 0.155. The maximum absolute atomic E-state index is 5.70. The first-order valence-electron chi connectivity index (χ1n) is 6.00. The van der Waals surface area contributed by atoms with Gasteiger partial charge in [-0.1, -0.05) is 13.8 Å². The molecule has 2 nitrogen and oxygen atoms in total. The van der Waals surface area contributed by atoms with Crippen LogP contribution in [0.25, 0.3) is 0 Å². The normalized spacial score (nSPS) is 51.2. The molecule has 0 N–H and O–H groups in total. The molecule has 0 aromatic rings. The first kappa shape index (κ1) is 9.17. The van der Waals surface area contributed by atoms with Crippen LogP contribution in [0.5, 0.6) is 0 Å². The van der Waals surface area contributed by atoms with Crippen molar-refractivity contribution in [1.29, 1.82) is 0 Å². The van der Waals surface area contributed by atoms with Crippen molar-refractivity contribution in [1.82, 2.24) is 0 Å². The van der Waals surface area contributed by atoms with Gasteiger partial charge in [-0.05, 0) is 36.5 Å². The lowest BCUT2D eigenvalue weighted by Crippen LogP contribution is -2.35. The minimum atomic E-state index is 0.155. The van der Waals surface area contributed by atoms with Crippen molar-refractivity contribution >= 4 is 0 Å². The molecule has 3 rings (SSSR count). The molecule has 2 unspecified atom stereocenters. The average molecular weight is 196 g/mol. The Morgan fingerprint density at radius 2 is 2.07 bits per heavy atom. The lowest BCUT2D eigenvalue weighted by atomic mass is 9.79. The summed E-state index contributed by atoms with van der Waals surface area (Å²) in [5.41, 5.74) is 0. The summed E-state index contributed by atoms with van der Waals surface area (Å²) in [6.45, 7) is 6.62. The van der Waals surface area contributed by atoms with Crippen LogP contribution in [-0.2, 0) is 9.47 Å². The lowest BCUT2D eigenvalue weighted by molar-refractivity contribution is -0.170. The Hall–Kier alpha value is -0.0800. The molecule has 3 fully saturated rings. The summed E-state index contributed by atoms with van der Waals surface area (Å²) in [4.78, 5) is 0. The molecule has 0 amide bonds. The summed E-state index contributed by atoms with van der Waals surface area (Å²) in [7, 11) is 0. The van der Waals surface area contributed by atoms with Crippen molar-refractivity contribution in [3.63, 3.8) is 0 Å². The summed E-state index contributed by atoms with van der Waals surface area (Å²) in [6, 6.07) is 0. The molecular formula is C12H20O2. The summed E-state index contributed by atoms with van der Waals surface area (Å²) in [5.74, 6) is 4.19. The first-order valence-corrected chi connectivity index (χ1v) is 6.00. The molecule has 2 saturated heterocycles. The monoisotopic (exact) mass is 196 g/mol. The topological polar surface area (TPSA) is 18.5 Å². The van der Waals surface area contributed by atoms with Gasteiger partial charge in [-0.25, -0.2) is 0 Å². The van der Waals surface area contributed by atoms with Crippen LogP contribution >= 0.6 is 0 Å². The van der Waals surface area contributed by atoms with Gasteiger partial charge in [-0.15, -0.1) is 0 Å². The summed E-state index contributed by atoms with van der Waals surface area (Å²) in [6.07, 6.45) is 2.80. The molecular weight excluding hydrogens is 176 g/mol. The lowest BCUT2D eigenvalue weighted by Gasteiger charge is -2.34. The Labute approximate surface area is 86.0 Å². The Morgan fingerprint density at radius 3 is 2.86 bits per heavy atom. The standard InChI is InChI=1S/C12H20O2/c1-7(2)10-5-8-6-14-12-11(8)9(10)3-4-13-12/h7-12H,3-6H2,1-2H3/t8?,9-,10?,11+,12+/m0/s1. The minimum Gasteiger partial charge on any atom is -0.352 e. The molecule has 3 aliphatic rings. The van der Waals surface area contributed by atoms with Gasteiger partial charge in [0.1, 0.15) is 0 Å². The second-order valence-corrected chi connectivity index (χ2v) is 5.51. The highest BCUT2D eigenvalue weighted by Crippen LogP contribution is 2.53. The van der Waals surface area contributed by atoms with Gasteiger partial charge in [-0.2, -0.15) is 0 Å². The Bertz CT molecular complexity index is 224. The van der Waals surface area contributed by atoms with E-state index in [1.165, 1.54) is 12.8 Å². The molecule has 0 bridgehead atoms. The third kappa shape index (κ3) is 1.17. The smallest absolute Gasteiger partial charge is 0.160 e. The number of hydrogen-bond acceptors (Lipinski definition) is 2. The van der Waals surface area contributed by atoms with Crippen molar-refractivity contribution in [3.05, 3.63) is 0 Å². The van der Waals surface area contributed by atoms with Crippen molar-refractivity contribution in [3.8, 4) is 0 Å². The zero-order valence-electron chi connectivity index (χ0n) is 9.11. The quantitative estimate of drug-likeness (QED) is 0.640. The van der Waals surface area contributed by atoms with Gasteiger partial charge in [0.25, 0.3) is 0 Å². The van der Waals surface area contributed by atoms with Crippen LogP contribution in [0, 0.1) is 29.6 Å². The fraction of sp³-hybridized carbons (Fsp3) is 1.00. The Balaban J connectivity index is 1.84. The maximum atomic E-state index is 5.70. The van der Waals surface area contributed by atoms with E-state index < -0.39 is 0 Å². The highest BCUT2D eigenvalue weighted by atomic mass is 16.7. The summed E-state index contributed by atoms with van der Waals surface area (Å²) in [5, 5.41) is 0. The van der Waals surface area contributed by atoms with Crippen LogP contribution in [0.1, 0.15) is 26.7 Å². The van der Waals surface area contributed by atoms with Crippen LogP contribution in [0.15, 0.2) is 0 Å². The van der Waals surface area contributed by atoms with E-state index in [-0.39, 0.29) is 6.29 Å². The van der Waals surface area contributed by atoms with E-state index in [9.17, 15) is 0 Å². The summed E-state index contributed by atoms with van der Waals surface area (Å²) < 4.78 is 11.4. The molecule has 0 aromatic heterocycles. The van der Waals surface area contributed by atoms with E-state index in [1.807, 2.05) is 0 Å². The van der Waals surface area contributed by atoms with E-state index >= 15 is 0 Å². The number of ether oxygens (including phenoxy) is 2. The van der Waals surface area contributed by atoms with Gasteiger partial charge < -0.3 is 9.47 Å². The van der Waals surface area contributed by atoms with Gasteiger partial charge in [0, 0.05) is 5.92 Å². The molecule has 2 heteroatoms. The number of hydrogen-bond donors (Lipinski definition) is 0.